The fourth-order valence-corrected chi connectivity index (χ4v) is 11.6. The molecule has 0 spiro atoms. The summed E-state index contributed by atoms with van der Waals surface area (Å²) in [5.41, 5.74) is 0. The van der Waals surface area contributed by atoms with Crippen molar-refractivity contribution in [3.8, 4) is 19.5 Å². The number of hydrogen-bond acceptors (Lipinski definition) is 5. The van der Waals surface area contributed by atoms with E-state index in [-0.39, 0.29) is 0 Å². The van der Waals surface area contributed by atoms with Crippen LogP contribution in [-0.2, 0) is 12.8 Å². The van der Waals surface area contributed by atoms with Gasteiger partial charge in [0, 0.05) is 58.8 Å². The van der Waals surface area contributed by atoms with Gasteiger partial charge in [0.15, 0.2) is 0 Å². The Morgan fingerprint density at radius 1 is 0.415 bits per heavy atom. The van der Waals surface area contributed by atoms with Crippen molar-refractivity contribution in [3.05, 3.63) is 70.4 Å². The lowest BCUT2D eigenvalue weighted by atomic mass is 10.1. The van der Waals surface area contributed by atoms with Crippen molar-refractivity contribution in [2.75, 3.05) is 0 Å². The maximum Gasteiger partial charge on any atom is 0.0455 e. The first-order valence-electron chi connectivity index (χ1n) is 15.2. The van der Waals surface area contributed by atoms with Crippen molar-refractivity contribution in [1.82, 2.24) is 0 Å². The average Bonchev–Trinajstić information content (AvgIpc) is 3.80. The van der Waals surface area contributed by atoms with Gasteiger partial charge in [0.1, 0.15) is 0 Å². The summed E-state index contributed by atoms with van der Waals surface area (Å²) in [4.78, 5) is 8.75. The molecule has 0 amide bonds. The van der Waals surface area contributed by atoms with E-state index in [4.69, 9.17) is 0 Å². The number of benzene rings is 2. The molecule has 5 aromatic heterocycles. The Bertz CT molecular complexity index is 1800. The van der Waals surface area contributed by atoms with Crippen LogP contribution in [0.2, 0.25) is 0 Å². The van der Waals surface area contributed by atoms with E-state index in [0.717, 1.165) is 0 Å². The van der Waals surface area contributed by atoms with Gasteiger partial charge in [-0.05, 0) is 97.1 Å². The van der Waals surface area contributed by atoms with E-state index in [0.29, 0.717) is 0 Å². The monoisotopic (exact) mass is 628 g/mol. The normalized spacial score (nSPS) is 12.1. The van der Waals surface area contributed by atoms with Crippen molar-refractivity contribution >= 4 is 97.0 Å². The Morgan fingerprint density at radius 2 is 0.902 bits per heavy atom. The molecule has 0 fully saturated rings. The Balaban J connectivity index is 1.16. The van der Waals surface area contributed by atoms with Gasteiger partial charge in [-0.2, -0.15) is 0 Å². The van der Waals surface area contributed by atoms with Crippen molar-refractivity contribution in [2.45, 2.75) is 78.1 Å². The smallest absolute Gasteiger partial charge is 0.0455 e. The SMILES string of the molecule is CCCCCCc1ccc(-c2cc3cc4c(cc3s2)sc2cc3sc(-c5ccc(CCCCCC)s5)cc3cc24)s1. The van der Waals surface area contributed by atoms with Crippen LogP contribution in [-0.4, -0.2) is 0 Å². The molecule has 5 heteroatoms. The highest BCUT2D eigenvalue weighted by atomic mass is 32.1. The predicted molar refractivity (Wildman–Crippen MR) is 192 cm³/mol. The minimum atomic E-state index is 1.22. The van der Waals surface area contributed by atoms with Crippen molar-refractivity contribution in [2.24, 2.45) is 0 Å². The molecular weight excluding hydrogens is 593 g/mol. The second-order valence-corrected chi connectivity index (χ2v) is 16.8. The largest absolute Gasteiger partial charge is 0.139 e. The van der Waals surface area contributed by atoms with E-state index < -0.39 is 0 Å². The van der Waals surface area contributed by atoms with E-state index in [1.54, 1.807) is 0 Å². The first-order valence-corrected chi connectivity index (χ1v) is 19.3. The van der Waals surface area contributed by atoms with Gasteiger partial charge in [-0.15, -0.1) is 56.7 Å². The molecule has 5 heterocycles. The molecule has 0 N–H and O–H groups in total. The van der Waals surface area contributed by atoms with Crippen molar-refractivity contribution in [1.29, 1.82) is 0 Å². The zero-order chi connectivity index (χ0) is 27.8. The topological polar surface area (TPSA) is 0 Å². The molecule has 7 aromatic rings. The minimum Gasteiger partial charge on any atom is -0.139 e. The Hall–Kier alpha value is -2.02. The second-order valence-electron chi connectivity index (χ2n) is 11.2. The van der Waals surface area contributed by atoms with Gasteiger partial charge in [0.2, 0.25) is 0 Å². The summed E-state index contributed by atoms with van der Waals surface area (Å²) < 4.78 is 5.63. The number of unbranched alkanes of at least 4 members (excludes halogenated alkanes) is 6. The number of rotatable bonds is 12. The van der Waals surface area contributed by atoms with Gasteiger partial charge in [-0.1, -0.05) is 52.4 Å². The molecule has 0 aliphatic rings. The van der Waals surface area contributed by atoms with E-state index in [1.807, 2.05) is 56.7 Å². The summed E-state index contributed by atoms with van der Waals surface area (Å²) in [5.74, 6) is 0. The fraction of sp³-hybridized carbons (Fsp3) is 0.333. The standard InChI is InChI=1S/C36H36S5/c1-3-5-7-9-11-25-13-15-29(37-25)35-19-23-17-27-28-18-24-20-36(30-16-14-26(38-30)12-10-8-6-4-2)40-32(24)22-34(28)41-33(27)21-31(23)39-35/h13-22H,3-12H2,1-2H3. The zero-order valence-electron chi connectivity index (χ0n) is 23.9. The second kappa shape index (κ2) is 12.3. The molecule has 0 saturated carbocycles. The Labute approximate surface area is 263 Å². The van der Waals surface area contributed by atoms with Crippen LogP contribution in [0.4, 0.5) is 0 Å². The Morgan fingerprint density at radius 3 is 1.37 bits per heavy atom. The average molecular weight is 629 g/mol. The number of hydrogen-bond donors (Lipinski definition) is 0. The van der Waals surface area contributed by atoms with Crippen LogP contribution in [0.5, 0.6) is 0 Å². The quantitative estimate of drug-likeness (QED) is 0.118. The van der Waals surface area contributed by atoms with Gasteiger partial charge in [0.05, 0.1) is 0 Å². The van der Waals surface area contributed by atoms with Crippen LogP contribution in [0.25, 0.3) is 59.9 Å². The highest BCUT2D eigenvalue weighted by Gasteiger charge is 2.14. The van der Waals surface area contributed by atoms with Crippen molar-refractivity contribution in [3.63, 3.8) is 0 Å². The molecule has 0 bridgehead atoms. The van der Waals surface area contributed by atoms with Crippen LogP contribution in [0.1, 0.15) is 75.0 Å². The van der Waals surface area contributed by atoms with E-state index in [1.165, 1.54) is 134 Å². The van der Waals surface area contributed by atoms with E-state index in [2.05, 4.69) is 74.5 Å². The van der Waals surface area contributed by atoms with E-state index in [9.17, 15) is 0 Å². The predicted octanol–water partition coefficient (Wildman–Crippen LogP) is 14.2. The molecular formula is C36H36S5. The van der Waals surface area contributed by atoms with Gasteiger partial charge >= 0.3 is 0 Å². The zero-order valence-corrected chi connectivity index (χ0v) is 28.0. The number of thiophene rings is 5. The molecule has 0 nitrogen and oxygen atoms in total. The summed E-state index contributed by atoms with van der Waals surface area (Å²) in [6.45, 7) is 4.57. The summed E-state index contributed by atoms with van der Waals surface area (Å²) in [6, 6.07) is 24.0. The molecule has 0 unspecified atom stereocenters. The van der Waals surface area contributed by atoms with Gasteiger partial charge in [-0.3, -0.25) is 0 Å². The van der Waals surface area contributed by atoms with Gasteiger partial charge in [0.25, 0.3) is 0 Å². The fourth-order valence-electron chi connectivity index (χ4n) is 5.83. The first-order chi connectivity index (χ1) is 20.2. The lowest BCUT2D eigenvalue weighted by Crippen LogP contribution is -1.80. The van der Waals surface area contributed by atoms with Gasteiger partial charge in [-0.25, -0.2) is 0 Å². The third kappa shape index (κ3) is 5.81. The number of aryl methyl sites for hydroxylation is 2. The van der Waals surface area contributed by atoms with Gasteiger partial charge < -0.3 is 0 Å². The highest BCUT2D eigenvalue weighted by molar-refractivity contribution is 7.29. The maximum atomic E-state index is 2.45. The summed E-state index contributed by atoms with van der Waals surface area (Å²) >= 11 is 9.85. The molecule has 0 saturated heterocycles. The maximum absolute atomic E-state index is 2.45. The summed E-state index contributed by atoms with van der Waals surface area (Å²) in [7, 11) is 0. The molecule has 210 valence electrons. The highest BCUT2D eigenvalue weighted by Crippen LogP contribution is 2.45. The van der Waals surface area contributed by atoms with Crippen LogP contribution in [0, 0.1) is 0 Å². The number of fused-ring (bicyclic) bond motifs is 5. The summed E-state index contributed by atoms with van der Waals surface area (Å²) in [6.07, 6.45) is 13.1. The first kappa shape index (κ1) is 27.8. The lowest BCUT2D eigenvalue weighted by molar-refractivity contribution is 0.670. The summed E-state index contributed by atoms with van der Waals surface area (Å²) in [5, 5.41) is 5.58. The Kier molecular flexibility index (Phi) is 8.34. The van der Waals surface area contributed by atoms with Crippen molar-refractivity contribution < 1.29 is 0 Å². The van der Waals surface area contributed by atoms with Crippen LogP contribution < -0.4 is 0 Å². The third-order valence-electron chi connectivity index (χ3n) is 8.11. The van der Waals surface area contributed by atoms with Crippen LogP contribution in [0.3, 0.4) is 0 Å². The molecule has 7 rings (SSSR count). The van der Waals surface area contributed by atoms with Crippen LogP contribution in [0.15, 0.2) is 60.7 Å². The molecule has 0 aliphatic carbocycles. The molecule has 2 aromatic carbocycles. The lowest BCUT2D eigenvalue weighted by Gasteiger charge is -1.96. The molecule has 0 radical (unpaired) electrons. The third-order valence-corrected chi connectivity index (χ3v) is 14.1. The minimum absolute atomic E-state index is 1.22. The van der Waals surface area contributed by atoms with Crippen LogP contribution >= 0.6 is 56.7 Å². The molecule has 0 atom stereocenters. The molecule has 0 aliphatic heterocycles. The van der Waals surface area contributed by atoms with E-state index >= 15 is 0 Å². The molecule has 41 heavy (non-hydrogen) atoms.